The third-order valence-corrected chi connectivity index (χ3v) is 3.18. The fourth-order valence-electron chi connectivity index (χ4n) is 2.02. The van der Waals surface area contributed by atoms with Crippen LogP contribution in [0.3, 0.4) is 0 Å². The molecule has 1 amide bonds. The Kier molecular flexibility index (Phi) is 13.6. The van der Waals surface area contributed by atoms with Crippen LogP contribution in [-0.4, -0.2) is 5.91 Å². The van der Waals surface area contributed by atoms with Gasteiger partial charge >= 0.3 is 0 Å². The molecule has 0 unspecified atom stereocenters. The molecule has 0 fully saturated rings. The smallest absolute Gasteiger partial charge is 0.217 e. The number of carbonyl (C=O) groups excluding carboxylic acids is 1. The first kappa shape index (κ1) is 17.2. The molecule has 18 heavy (non-hydrogen) atoms. The summed E-state index contributed by atoms with van der Waals surface area (Å²) in [4.78, 5) is 10.5. The van der Waals surface area contributed by atoms with Gasteiger partial charge in [-0.25, -0.2) is 0 Å². The molecule has 0 atom stereocenters. The van der Waals surface area contributed by atoms with Crippen molar-refractivity contribution >= 4 is 5.91 Å². The first-order valence-corrected chi connectivity index (χ1v) is 7.70. The van der Waals surface area contributed by atoms with Crippen LogP contribution in [0.1, 0.15) is 84.0 Å². The van der Waals surface area contributed by atoms with Gasteiger partial charge in [-0.05, 0) is 32.1 Å². The molecule has 0 aliphatic rings. The quantitative estimate of drug-likeness (QED) is 0.374. The van der Waals surface area contributed by atoms with E-state index in [4.69, 9.17) is 5.73 Å². The van der Waals surface area contributed by atoms with Crippen molar-refractivity contribution in [2.45, 2.75) is 84.0 Å². The zero-order valence-corrected chi connectivity index (χ0v) is 12.1. The van der Waals surface area contributed by atoms with Crippen LogP contribution in [0, 0.1) is 0 Å². The van der Waals surface area contributed by atoms with Gasteiger partial charge in [0.2, 0.25) is 5.91 Å². The summed E-state index contributed by atoms with van der Waals surface area (Å²) >= 11 is 0. The molecule has 0 spiro atoms. The third-order valence-electron chi connectivity index (χ3n) is 3.18. The van der Waals surface area contributed by atoms with Crippen LogP contribution in [0.4, 0.5) is 0 Å². The average Bonchev–Trinajstić information content (AvgIpc) is 2.34. The van der Waals surface area contributed by atoms with E-state index in [0.29, 0.717) is 6.42 Å². The van der Waals surface area contributed by atoms with Gasteiger partial charge in [0, 0.05) is 6.42 Å². The van der Waals surface area contributed by atoms with Crippen LogP contribution in [0.5, 0.6) is 0 Å². The van der Waals surface area contributed by atoms with Crippen LogP contribution in [0.25, 0.3) is 0 Å². The summed E-state index contributed by atoms with van der Waals surface area (Å²) in [6.07, 6.45) is 19.0. The second-order valence-electron chi connectivity index (χ2n) is 5.09. The van der Waals surface area contributed by atoms with Gasteiger partial charge in [0.25, 0.3) is 0 Å². The van der Waals surface area contributed by atoms with Gasteiger partial charge < -0.3 is 5.73 Å². The first-order valence-electron chi connectivity index (χ1n) is 7.70. The van der Waals surface area contributed by atoms with Crippen molar-refractivity contribution in [3.63, 3.8) is 0 Å². The lowest BCUT2D eigenvalue weighted by atomic mass is 10.1. The SMILES string of the molecule is CCCCCCCCC=CCCCCCC(N)=O. The molecular formula is C16H31NO. The number of allylic oxidation sites excluding steroid dienone is 2. The Bertz CT molecular complexity index is 211. The Morgan fingerprint density at radius 1 is 0.833 bits per heavy atom. The minimum Gasteiger partial charge on any atom is -0.370 e. The number of unbranched alkanes of at least 4 members (excludes halogenated alkanes) is 9. The Balaban J connectivity index is 3.07. The Morgan fingerprint density at radius 2 is 1.33 bits per heavy atom. The molecule has 0 saturated heterocycles. The van der Waals surface area contributed by atoms with Crippen molar-refractivity contribution in [1.29, 1.82) is 0 Å². The molecule has 2 N–H and O–H groups in total. The van der Waals surface area contributed by atoms with E-state index in [1.165, 1.54) is 51.4 Å². The number of rotatable bonds is 13. The van der Waals surface area contributed by atoms with Gasteiger partial charge in [-0.1, -0.05) is 57.6 Å². The molecule has 0 aromatic rings. The number of hydrogen-bond donors (Lipinski definition) is 1. The molecule has 0 rings (SSSR count). The second kappa shape index (κ2) is 14.3. The van der Waals surface area contributed by atoms with Gasteiger partial charge in [0.1, 0.15) is 0 Å². The standard InChI is InChI=1S/C16H31NO/c1-2-3-4-5-6-7-8-9-10-11-12-13-14-15-16(17)18/h9-10H,2-8,11-15H2,1H3,(H2,17,18). The average molecular weight is 253 g/mol. The predicted molar refractivity (Wildman–Crippen MR) is 79.4 cm³/mol. The summed E-state index contributed by atoms with van der Waals surface area (Å²) in [7, 11) is 0. The molecule has 2 heteroatoms. The summed E-state index contributed by atoms with van der Waals surface area (Å²) in [6, 6.07) is 0. The lowest BCUT2D eigenvalue weighted by molar-refractivity contribution is -0.118. The minimum absolute atomic E-state index is 0.173. The number of nitrogens with two attached hydrogens (primary N) is 1. The maximum Gasteiger partial charge on any atom is 0.217 e. The van der Waals surface area contributed by atoms with E-state index in [2.05, 4.69) is 19.1 Å². The highest BCUT2D eigenvalue weighted by atomic mass is 16.1. The number of primary amides is 1. The summed E-state index contributed by atoms with van der Waals surface area (Å²) in [6.45, 7) is 2.26. The van der Waals surface area contributed by atoms with Crippen molar-refractivity contribution < 1.29 is 4.79 Å². The third kappa shape index (κ3) is 15.2. The van der Waals surface area contributed by atoms with Crippen molar-refractivity contribution in [3.8, 4) is 0 Å². The largest absolute Gasteiger partial charge is 0.370 e. The molecule has 0 aromatic heterocycles. The minimum atomic E-state index is -0.173. The molecule has 0 heterocycles. The summed E-state index contributed by atoms with van der Waals surface area (Å²) in [5.41, 5.74) is 5.08. The summed E-state index contributed by atoms with van der Waals surface area (Å²) < 4.78 is 0. The molecule has 0 radical (unpaired) electrons. The zero-order valence-electron chi connectivity index (χ0n) is 12.1. The molecule has 0 aromatic carbocycles. The van der Waals surface area contributed by atoms with E-state index in [1.807, 2.05) is 0 Å². The van der Waals surface area contributed by atoms with Crippen LogP contribution in [0.15, 0.2) is 12.2 Å². The molecule has 0 bridgehead atoms. The normalized spacial score (nSPS) is 11.2. The van der Waals surface area contributed by atoms with Crippen molar-refractivity contribution in [1.82, 2.24) is 0 Å². The Labute approximate surface area is 113 Å². The van der Waals surface area contributed by atoms with Gasteiger partial charge in [-0.3, -0.25) is 4.79 Å². The molecule has 0 aliphatic carbocycles. The highest BCUT2D eigenvalue weighted by Gasteiger charge is 1.93. The molecule has 0 saturated carbocycles. The van der Waals surface area contributed by atoms with E-state index >= 15 is 0 Å². The number of amides is 1. The van der Waals surface area contributed by atoms with Crippen LogP contribution < -0.4 is 5.73 Å². The van der Waals surface area contributed by atoms with Gasteiger partial charge in [-0.2, -0.15) is 0 Å². The van der Waals surface area contributed by atoms with Gasteiger partial charge in [0.05, 0.1) is 0 Å². The van der Waals surface area contributed by atoms with Gasteiger partial charge in [0.15, 0.2) is 0 Å². The predicted octanol–water partition coefficient (Wildman–Crippen LogP) is 4.73. The van der Waals surface area contributed by atoms with Crippen LogP contribution >= 0.6 is 0 Å². The molecule has 106 valence electrons. The van der Waals surface area contributed by atoms with Gasteiger partial charge in [-0.15, -0.1) is 0 Å². The number of carbonyl (C=O) groups is 1. The monoisotopic (exact) mass is 253 g/mol. The second-order valence-corrected chi connectivity index (χ2v) is 5.09. The van der Waals surface area contributed by atoms with Crippen molar-refractivity contribution in [3.05, 3.63) is 12.2 Å². The first-order chi connectivity index (χ1) is 8.77. The highest BCUT2D eigenvalue weighted by Crippen LogP contribution is 2.08. The highest BCUT2D eigenvalue weighted by molar-refractivity contribution is 5.73. The summed E-state index contributed by atoms with van der Waals surface area (Å²) in [5, 5.41) is 0. The molecule has 0 aliphatic heterocycles. The van der Waals surface area contributed by atoms with E-state index in [1.54, 1.807) is 0 Å². The Hall–Kier alpha value is -0.790. The van der Waals surface area contributed by atoms with Crippen LogP contribution in [-0.2, 0) is 4.79 Å². The van der Waals surface area contributed by atoms with E-state index in [-0.39, 0.29) is 5.91 Å². The maximum atomic E-state index is 10.5. The lowest BCUT2D eigenvalue weighted by Gasteiger charge is -1.98. The van der Waals surface area contributed by atoms with Crippen molar-refractivity contribution in [2.24, 2.45) is 5.73 Å². The zero-order chi connectivity index (χ0) is 13.5. The summed E-state index contributed by atoms with van der Waals surface area (Å²) in [5.74, 6) is -0.173. The maximum absolute atomic E-state index is 10.5. The van der Waals surface area contributed by atoms with E-state index in [9.17, 15) is 4.79 Å². The molecule has 2 nitrogen and oxygen atoms in total. The topological polar surface area (TPSA) is 43.1 Å². The van der Waals surface area contributed by atoms with E-state index in [0.717, 1.165) is 19.3 Å². The van der Waals surface area contributed by atoms with Crippen LogP contribution in [0.2, 0.25) is 0 Å². The number of hydrogen-bond acceptors (Lipinski definition) is 1. The fraction of sp³-hybridized carbons (Fsp3) is 0.812. The Morgan fingerprint density at radius 3 is 1.89 bits per heavy atom. The van der Waals surface area contributed by atoms with Crippen molar-refractivity contribution in [2.75, 3.05) is 0 Å². The fourth-order valence-corrected chi connectivity index (χ4v) is 2.02. The lowest BCUT2D eigenvalue weighted by Crippen LogP contribution is -2.09. The van der Waals surface area contributed by atoms with E-state index < -0.39 is 0 Å². The molecular weight excluding hydrogens is 222 g/mol.